The van der Waals surface area contributed by atoms with E-state index in [0.717, 1.165) is 36.8 Å². The van der Waals surface area contributed by atoms with E-state index in [1.165, 1.54) is 32.1 Å². The minimum Gasteiger partial charge on any atom is -0.357 e. The molecule has 0 unspecified atom stereocenters. The van der Waals surface area contributed by atoms with Gasteiger partial charge in [0.05, 0.1) is 0 Å². The minimum atomic E-state index is 0.270. The van der Waals surface area contributed by atoms with Crippen LogP contribution in [0.4, 0.5) is 5.82 Å². The number of aromatic nitrogens is 1. The summed E-state index contributed by atoms with van der Waals surface area (Å²) in [6, 6.07) is 4.15. The molecular formula is C18H25N3O. The van der Waals surface area contributed by atoms with Crippen LogP contribution in [0.1, 0.15) is 44.1 Å². The smallest absolute Gasteiger partial charge is 0.223 e. The van der Waals surface area contributed by atoms with Gasteiger partial charge in [-0.2, -0.15) is 0 Å². The maximum absolute atomic E-state index is 12.4. The Kier molecular flexibility index (Phi) is 3.77. The zero-order valence-electron chi connectivity index (χ0n) is 13.1. The van der Waals surface area contributed by atoms with E-state index in [4.69, 9.17) is 0 Å². The number of hydrogen-bond donors (Lipinski definition) is 1. The molecule has 1 saturated heterocycles. The Bertz CT molecular complexity index is 553. The van der Waals surface area contributed by atoms with Crippen molar-refractivity contribution in [1.82, 2.24) is 10.3 Å². The van der Waals surface area contributed by atoms with E-state index in [9.17, 15) is 4.79 Å². The number of anilines is 1. The maximum atomic E-state index is 12.4. The Morgan fingerprint density at radius 3 is 2.86 bits per heavy atom. The Balaban J connectivity index is 1.35. The molecule has 1 amide bonds. The van der Waals surface area contributed by atoms with Gasteiger partial charge in [-0.05, 0) is 61.6 Å². The zero-order chi connectivity index (χ0) is 14.9. The number of fused-ring (bicyclic) bond motifs is 2. The van der Waals surface area contributed by atoms with Gasteiger partial charge >= 0.3 is 0 Å². The van der Waals surface area contributed by atoms with Crippen molar-refractivity contribution in [2.45, 2.75) is 45.1 Å². The van der Waals surface area contributed by atoms with Gasteiger partial charge in [0.1, 0.15) is 5.82 Å². The number of hydrogen-bond acceptors (Lipinski definition) is 3. The van der Waals surface area contributed by atoms with Crippen LogP contribution in [0.3, 0.4) is 0 Å². The van der Waals surface area contributed by atoms with E-state index in [0.29, 0.717) is 12.5 Å². The van der Waals surface area contributed by atoms with Gasteiger partial charge in [0.15, 0.2) is 0 Å². The van der Waals surface area contributed by atoms with Crippen molar-refractivity contribution in [1.29, 1.82) is 0 Å². The van der Waals surface area contributed by atoms with Crippen LogP contribution in [0.25, 0.3) is 0 Å². The number of carbonyl (C=O) groups is 1. The summed E-state index contributed by atoms with van der Waals surface area (Å²) < 4.78 is 0. The molecule has 3 fully saturated rings. The first kappa shape index (κ1) is 14.0. The fourth-order valence-corrected chi connectivity index (χ4v) is 4.58. The predicted octanol–water partition coefficient (Wildman–Crippen LogP) is 2.73. The monoisotopic (exact) mass is 299 g/mol. The fraction of sp³-hybridized carbons (Fsp3) is 0.667. The van der Waals surface area contributed by atoms with E-state index < -0.39 is 0 Å². The molecule has 4 heteroatoms. The highest BCUT2D eigenvalue weighted by Crippen LogP contribution is 2.48. The van der Waals surface area contributed by atoms with Crippen molar-refractivity contribution in [3.8, 4) is 0 Å². The molecule has 4 rings (SSSR count). The van der Waals surface area contributed by atoms with Crippen LogP contribution in [-0.2, 0) is 11.3 Å². The molecule has 3 atom stereocenters. The Labute approximate surface area is 132 Å². The molecule has 22 heavy (non-hydrogen) atoms. The minimum absolute atomic E-state index is 0.270. The number of pyridine rings is 1. The zero-order valence-corrected chi connectivity index (χ0v) is 13.1. The Hall–Kier alpha value is -1.58. The molecule has 0 aromatic carbocycles. The van der Waals surface area contributed by atoms with Crippen LogP contribution in [-0.4, -0.2) is 24.0 Å². The van der Waals surface area contributed by atoms with Crippen LogP contribution in [0.15, 0.2) is 18.3 Å². The molecule has 1 aliphatic heterocycles. The predicted molar refractivity (Wildman–Crippen MR) is 86.5 cm³/mol. The Morgan fingerprint density at radius 2 is 2.14 bits per heavy atom. The van der Waals surface area contributed by atoms with Gasteiger partial charge in [0.2, 0.25) is 5.91 Å². The van der Waals surface area contributed by atoms with Gasteiger partial charge in [-0.15, -0.1) is 0 Å². The largest absolute Gasteiger partial charge is 0.357 e. The van der Waals surface area contributed by atoms with Crippen molar-refractivity contribution in [2.24, 2.45) is 17.8 Å². The van der Waals surface area contributed by atoms with Crippen LogP contribution in [0, 0.1) is 17.8 Å². The summed E-state index contributed by atoms with van der Waals surface area (Å²) in [4.78, 5) is 19.2. The summed E-state index contributed by atoms with van der Waals surface area (Å²) in [5.41, 5.74) is 1.16. The number of carbonyl (C=O) groups excluding carboxylic acids is 1. The maximum Gasteiger partial charge on any atom is 0.223 e. The number of nitrogens with one attached hydrogen (secondary N) is 1. The van der Waals surface area contributed by atoms with Gasteiger partial charge in [-0.25, -0.2) is 4.98 Å². The van der Waals surface area contributed by atoms with Crippen molar-refractivity contribution in [2.75, 3.05) is 18.0 Å². The molecule has 0 spiro atoms. The quantitative estimate of drug-likeness (QED) is 0.930. The van der Waals surface area contributed by atoms with E-state index in [2.05, 4.69) is 21.3 Å². The summed E-state index contributed by atoms with van der Waals surface area (Å²) in [6.07, 6.45) is 9.39. The lowest BCUT2D eigenvalue weighted by atomic mass is 9.88. The molecule has 3 aliphatic rings. The second kappa shape index (κ2) is 5.90. The summed E-state index contributed by atoms with van der Waals surface area (Å²) in [7, 11) is 0. The third kappa shape index (κ3) is 2.71. The topological polar surface area (TPSA) is 45.2 Å². The first-order valence-electron chi connectivity index (χ1n) is 8.77. The second-order valence-corrected chi connectivity index (χ2v) is 7.22. The van der Waals surface area contributed by atoms with Crippen LogP contribution in [0.5, 0.6) is 0 Å². The molecule has 2 heterocycles. The molecule has 118 valence electrons. The first-order valence-corrected chi connectivity index (χ1v) is 8.77. The van der Waals surface area contributed by atoms with Crippen LogP contribution in [0.2, 0.25) is 0 Å². The van der Waals surface area contributed by atoms with Crippen LogP contribution >= 0.6 is 0 Å². The summed E-state index contributed by atoms with van der Waals surface area (Å²) >= 11 is 0. The highest BCUT2D eigenvalue weighted by Gasteiger charge is 2.42. The summed E-state index contributed by atoms with van der Waals surface area (Å²) in [5.74, 6) is 3.08. The van der Waals surface area contributed by atoms with E-state index in [-0.39, 0.29) is 11.8 Å². The molecule has 2 aliphatic carbocycles. The fourth-order valence-electron chi connectivity index (χ4n) is 4.58. The second-order valence-electron chi connectivity index (χ2n) is 7.22. The molecule has 2 bridgehead atoms. The average molecular weight is 299 g/mol. The summed E-state index contributed by atoms with van der Waals surface area (Å²) in [6.45, 7) is 2.85. The number of amides is 1. The number of nitrogens with zero attached hydrogens (tertiary/aromatic N) is 2. The normalized spacial score (nSPS) is 30.0. The third-order valence-electron chi connectivity index (χ3n) is 5.78. The van der Waals surface area contributed by atoms with Gasteiger partial charge < -0.3 is 10.2 Å². The highest BCUT2D eigenvalue weighted by atomic mass is 16.1. The average Bonchev–Trinajstić information content (AvgIpc) is 3.29. The molecule has 1 aromatic heterocycles. The van der Waals surface area contributed by atoms with Crippen molar-refractivity contribution in [3.63, 3.8) is 0 Å². The lowest BCUT2D eigenvalue weighted by Gasteiger charge is -2.21. The number of rotatable bonds is 4. The Morgan fingerprint density at radius 1 is 1.27 bits per heavy atom. The molecule has 4 nitrogen and oxygen atoms in total. The molecule has 2 saturated carbocycles. The van der Waals surface area contributed by atoms with E-state index >= 15 is 0 Å². The van der Waals surface area contributed by atoms with E-state index in [1.807, 2.05) is 12.3 Å². The molecular weight excluding hydrogens is 274 g/mol. The third-order valence-corrected chi connectivity index (χ3v) is 5.78. The van der Waals surface area contributed by atoms with Crippen LogP contribution < -0.4 is 10.2 Å². The van der Waals surface area contributed by atoms with Gasteiger partial charge in [-0.3, -0.25) is 4.79 Å². The SMILES string of the molecule is O=C(NCc1ccnc(N2CCCC2)c1)[C@@H]1C[C@H]2CC[C@H]1C2. The van der Waals surface area contributed by atoms with Crippen molar-refractivity contribution >= 4 is 11.7 Å². The molecule has 0 radical (unpaired) electrons. The lowest BCUT2D eigenvalue weighted by molar-refractivity contribution is -0.126. The first-order chi connectivity index (χ1) is 10.8. The van der Waals surface area contributed by atoms with Crippen molar-refractivity contribution < 1.29 is 4.79 Å². The summed E-state index contributed by atoms with van der Waals surface area (Å²) in [5, 5.41) is 3.16. The van der Waals surface area contributed by atoms with Gasteiger partial charge in [-0.1, -0.05) is 6.42 Å². The molecule has 1 N–H and O–H groups in total. The van der Waals surface area contributed by atoms with E-state index in [1.54, 1.807) is 0 Å². The lowest BCUT2D eigenvalue weighted by Crippen LogP contribution is -2.33. The van der Waals surface area contributed by atoms with Gasteiger partial charge in [0, 0.05) is 31.7 Å². The highest BCUT2D eigenvalue weighted by molar-refractivity contribution is 5.79. The van der Waals surface area contributed by atoms with Gasteiger partial charge in [0.25, 0.3) is 0 Å². The standard InChI is InChI=1S/C18H25N3O/c22-18(16-10-13-3-4-15(16)9-13)20-12-14-5-6-19-17(11-14)21-7-1-2-8-21/h5-6,11,13,15-16H,1-4,7-10,12H2,(H,20,22)/t13-,15-,16+/m0/s1. The van der Waals surface area contributed by atoms with Crippen molar-refractivity contribution in [3.05, 3.63) is 23.9 Å². The molecule has 1 aromatic rings.